The molecule has 72 heavy (non-hydrogen) atoms. The molecule has 0 bridgehead atoms. The topological polar surface area (TPSA) is 116 Å². The van der Waals surface area contributed by atoms with Gasteiger partial charge in [0.15, 0.2) is 0 Å². The number of benzene rings is 8. The van der Waals surface area contributed by atoms with Crippen LogP contribution in [0.4, 0.5) is 0 Å². The summed E-state index contributed by atoms with van der Waals surface area (Å²) in [6.07, 6.45) is 0. The van der Waals surface area contributed by atoms with Crippen molar-refractivity contribution in [3.63, 3.8) is 0 Å². The fourth-order valence-electron chi connectivity index (χ4n) is 7.59. The highest BCUT2D eigenvalue weighted by atomic mass is 79.9. The molecule has 9 nitrogen and oxygen atoms in total. The summed E-state index contributed by atoms with van der Waals surface area (Å²) in [4.78, 5) is 30.6. The summed E-state index contributed by atoms with van der Waals surface area (Å²) >= 11 is 3.36. The highest BCUT2D eigenvalue weighted by Gasteiger charge is 2.11. The van der Waals surface area contributed by atoms with E-state index in [9.17, 15) is 14.7 Å². The van der Waals surface area contributed by atoms with E-state index in [2.05, 4.69) is 38.0 Å². The Morgan fingerprint density at radius 2 is 0.917 bits per heavy atom. The van der Waals surface area contributed by atoms with Gasteiger partial charge >= 0.3 is 0 Å². The van der Waals surface area contributed by atoms with Gasteiger partial charge in [0.2, 0.25) is 11.4 Å². The third-order valence-electron chi connectivity index (χ3n) is 11.3. The first-order chi connectivity index (χ1) is 35.4. The molecular formula is C62H52BrN3O6. The Hall–Kier alpha value is -8.73. The predicted molar refractivity (Wildman–Crippen MR) is 293 cm³/mol. The Morgan fingerprint density at radius 1 is 0.444 bits per heavy atom. The zero-order valence-electron chi connectivity index (χ0n) is 39.4. The average Bonchev–Trinajstić information content (AvgIpc) is 3.44. The van der Waals surface area contributed by atoms with Gasteiger partial charge in [0.05, 0.1) is 17.6 Å². The number of halogens is 1. The number of phenols is 1. The van der Waals surface area contributed by atoms with Crippen molar-refractivity contribution in [3.8, 4) is 23.1 Å². The summed E-state index contributed by atoms with van der Waals surface area (Å²) in [6.45, 7) is 1.99. The second-order valence-electron chi connectivity index (χ2n) is 16.4. The van der Waals surface area contributed by atoms with Crippen molar-refractivity contribution in [1.29, 1.82) is 0 Å². The fraction of sp³-hybridized carbons (Fsp3) is 0.0806. The number of alkyl halides is 1. The largest absolute Gasteiger partial charge is 0.506 e. The van der Waals surface area contributed by atoms with E-state index in [-0.39, 0.29) is 16.9 Å². The maximum Gasteiger partial charge on any atom is 0.251 e. The van der Waals surface area contributed by atoms with Crippen LogP contribution in [0.2, 0.25) is 0 Å². The van der Waals surface area contributed by atoms with Gasteiger partial charge in [-0.05, 0) is 64.2 Å². The van der Waals surface area contributed by atoms with Crippen LogP contribution in [0.15, 0.2) is 252 Å². The molecule has 0 aliphatic rings. The Bertz CT molecular complexity index is 3540. The van der Waals surface area contributed by atoms with E-state index >= 15 is 0 Å². The smallest absolute Gasteiger partial charge is 0.251 e. The lowest BCUT2D eigenvalue weighted by Gasteiger charge is -2.15. The Balaban J connectivity index is 0.000000141. The second-order valence-corrected chi connectivity index (χ2v) is 17.0. The van der Waals surface area contributed by atoms with Crippen molar-refractivity contribution < 1.29 is 19.3 Å². The van der Waals surface area contributed by atoms with Gasteiger partial charge in [0.1, 0.15) is 42.6 Å². The molecule has 0 amide bonds. The molecule has 0 saturated carbocycles. The number of aromatic hydroxyl groups is 1. The SMILES string of the molecule is BrCc1ccccc1.O=c1ccc2cccc(O)c2[nH]1.O=c1ccc2cccc(OCc3ccccc3)c2n1Cc1ccccc1.c1ccc(COc2ccc3cccc(OCc4ccccc4)c3n2)cc1. The van der Waals surface area contributed by atoms with Crippen molar-refractivity contribution in [1.82, 2.24) is 14.5 Å². The first-order valence-electron chi connectivity index (χ1n) is 23.4. The molecule has 358 valence electrons. The van der Waals surface area contributed by atoms with Crippen LogP contribution in [-0.2, 0) is 31.7 Å². The molecule has 3 aromatic heterocycles. The summed E-state index contributed by atoms with van der Waals surface area (Å²) in [7, 11) is 0. The van der Waals surface area contributed by atoms with E-state index in [1.54, 1.807) is 22.8 Å². The van der Waals surface area contributed by atoms with Crippen LogP contribution < -0.4 is 25.3 Å². The number of H-pyrrole nitrogens is 1. The maximum atomic E-state index is 12.6. The second kappa shape index (κ2) is 25.8. The van der Waals surface area contributed by atoms with E-state index in [1.807, 2.05) is 200 Å². The molecule has 10 heteroatoms. The molecule has 0 saturated heterocycles. The molecule has 11 aromatic rings. The zero-order valence-corrected chi connectivity index (χ0v) is 41.0. The third-order valence-corrected chi connectivity index (χ3v) is 11.9. The molecule has 0 atom stereocenters. The number of rotatable bonds is 12. The summed E-state index contributed by atoms with van der Waals surface area (Å²) in [6, 6.07) is 77.9. The summed E-state index contributed by atoms with van der Waals surface area (Å²) < 4.78 is 19.7. The molecule has 0 fully saturated rings. The quantitative estimate of drug-likeness (QED) is 0.117. The number of aromatic nitrogens is 3. The molecular weight excluding hydrogens is 963 g/mol. The van der Waals surface area contributed by atoms with Crippen LogP contribution in [0.5, 0.6) is 23.1 Å². The number of nitrogens with zero attached hydrogens (tertiary/aromatic N) is 2. The van der Waals surface area contributed by atoms with Crippen LogP contribution in [0, 0.1) is 0 Å². The van der Waals surface area contributed by atoms with Crippen LogP contribution in [0.3, 0.4) is 0 Å². The van der Waals surface area contributed by atoms with Crippen molar-refractivity contribution in [3.05, 3.63) is 291 Å². The Kier molecular flexibility index (Phi) is 17.8. The number of para-hydroxylation sites is 3. The van der Waals surface area contributed by atoms with Gasteiger partial charge < -0.3 is 28.9 Å². The number of hydrogen-bond donors (Lipinski definition) is 2. The molecule has 0 spiro atoms. The standard InChI is InChI=1S/2C23H19NO2.C9H7NO2.C7H7Br/c1-3-8-18(9-4-1)16-25-21-13-7-12-20-14-15-22(24-23(20)21)26-17-19-10-5-2-6-11-19;25-22-15-14-20-12-7-13-21(26-17-19-10-5-2-6-11-19)23(20)24(22)16-18-8-3-1-4-9-18;11-7-3-1-2-6-4-5-8(12)10-9(6)7;8-6-7-4-2-1-3-5-7/h2*1-15H,16-17H2;1-5,11H,(H,10,12);1-5H,6H2. The number of pyridine rings is 3. The highest BCUT2D eigenvalue weighted by Crippen LogP contribution is 2.28. The van der Waals surface area contributed by atoms with E-state index < -0.39 is 0 Å². The number of fused-ring (bicyclic) bond motifs is 3. The van der Waals surface area contributed by atoms with E-state index in [0.29, 0.717) is 37.8 Å². The lowest BCUT2D eigenvalue weighted by molar-refractivity contribution is 0.292. The number of phenolic OH excluding ortho intramolecular Hbond substituents is 1. The summed E-state index contributed by atoms with van der Waals surface area (Å²) in [5.74, 6) is 2.18. The zero-order chi connectivity index (χ0) is 49.7. The van der Waals surface area contributed by atoms with Crippen molar-refractivity contribution in [2.45, 2.75) is 31.7 Å². The van der Waals surface area contributed by atoms with Crippen molar-refractivity contribution in [2.24, 2.45) is 0 Å². The molecule has 3 heterocycles. The molecule has 0 aliphatic heterocycles. The van der Waals surface area contributed by atoms with Gasteiger partial charge in [-0.15, -0.1) is 0 Å². The lowest BCUT2D eigenvalue weighted by Crippen LogP contribution is -2.20. The first-order valence-corrected chi connectivity index (χ1v) is 24.5. The summed E-state index contributed by atoms with van der Waals surface area (Å²) in [5, 5.41) is 13.1. The average molecular weight is 1020 g/mol. The molecule has 2 N–H and O–H groups in total. The van der Waals surface area contributed by atoms with Gasteiger partial charge in [0.25, 0.3) is 5.56 Å². The van der Waals surface area contributed by atoms with E-state index in [4.69, 9.17) is 14.2 Å². The highest BCUT2D eigenvalue weighted by molar-refractivity contribution is 9.08. The molecule has 0 unspecified atom stereocenters. The predicted octanol–water partition coefficient (Wildman–Crippen LogP) is 13.8. The third kappa shape index (κ3) is 14.2. The number of nitrogens with one attached hydrogen (secondary N) is 1. The number of ether oxygens (including phenoxy) is 3. The minimum absolute atomic E-state index is 0.0304. The molecule has 0 aliphatic carbocycles. The maximum absolute atomic E-state index is 12.6. The number of aromatic amines is 1. The monoisotopic (exact) mass is 1010 g/mol. The fourth-order valence-corrected chi connectivity index (χ4v) is 7.97. The lowest BCUT2D eigenvalue weighted by atomic mass is 10.1. The van der Waals surface area contributed by atoms with Gasteiger partial charge in [-0.25, -0.2) is 4.98 Å². The van der Waals surface area contributed by atoms with Gasteiger partial charge in [0, 0.05) is 39.7 Å². The van der Waals surface area contributed by atoms with Crippen LogP contribution in [0.25, 0.3) is 32.7 Å². The van der Waals surface area contributed by atoms with Crippen LogP contribution in [0.1, 0.15) is 27.8 Å². The van der Waals surface area contributed by atoms with E-state index in [0.717, 1.165) is 66.3 Å². The van der Waals surface area contributed by atoms with Gasteiger partial charge in [-0.1, -0.05) is 204 Å². The number of hydrogen-bond acceptors (Lipinski definition) is 7. The van der Waals surface area contributed by atoms with E-state index in [1.165, 1.54) is 17.7 Å². The Morgan fingerprint density at radius 3 is 1.50 bits per heavy atom. The van der Waals surface area contributed by atoms with Crippen molar-refractivity contribution in [2.75, 3.05) is 0 Å². The summed E-state index contributed by atoms with van der Waals surface area (Å²) in [5.41, 5.74) is 7.65. The minimum atomic E-state index is -0.205. The first kappa shape index (κ1) is 49.7. The molecule has 8 aromatic carbocycles. The van der Waals surface area contributed by atoms with Crippen LogP contribution in [-0.4, -0.2) is 19.6 Å². The van der Waals surface area contributed by atoms with Crippen molar-refractivity contribution >= 4 is 48.6 Å². The van der Waals surface area contributed by atoms with Gasteiger partial charge in [-0.2, -0.15) is 0 Å². The van der Waals surface area contributed by atoms with Gasteiger partial charge in [-0.3, -0.25) is 9.59 Å². The Labute approximate surface area is 426 Å². The normalized spacial score (nSPS) is 10.5. The molecule has 11 rings (SSSR count). The molecule has 0 radical (unpaired) electrons. The van der Waals surface area contributed by atoms with Crippen LogP contribution >= 0.6 is 15.9 Å². The minimum Gasteiger partial charge on any atom is -0.506 e.